The fraction of sp³-hybridized carbons (Fsp3) is 0.130. The third-order valence-corrected chi connectivity index (χ3v) is 5.88. The van der Waals surface area contributed by atoms with E-state index >= 15 is 0 Å². The van der Waals surface area contributed by atoms with Gasteiger partial charge in [0.1, 0.15) is 0 Å². The molecule has 1 aromatic heterocycles. The van der Waals surface area contributed by atoms with Gasteiger partial charge in [0.25, 0.3) is 5.69 Å². The average molecular weight is 388 g/mol. The molecular formula is C23H20N2O2S. The minimum absolute atomic E-state index is 0.128. The molecule has 4 aromatic rings. The van der Waals surface area contributed by atoms with Crippen LogP contribution in [-0.2, 0) is 12.3 Å². The van der Waals surface area contributed by atoms with E-state index in [1.165, 1.54) is 26.9 Å². The van der Waals surface area contributed by atoms with Crippen molar-refractivity contribution in [2.24, 2.45) is 0 Å². The van der Waals surface area contributed by atoms with Crippen LogP contribution in [-0.4, -0.2) is 9.49 Å². The van der Waals surface area contributed by atoms with Crippen LogP contribution in [0.15, 0.2) is 83.9 Å². The highest BCUT2D eigenvalue weighted by Gasteiger charge is 2.10. The molecule has 0 bridgehead atoms. The Hall–Kier alpha value is -3.05. The van der Waals surface area contributed by atoms with E-state index in [4.69, 9.17) is 0 Å². The first kappa shape index (κ1) is 18.3. The second kappa shape index (κ2) is 7.90. The number of aryl methyl sites for hydroxylation is 1. The summed E-state index contributed by atoms with van der Waals surface area (Å²) in [7, 11) is 0. The Morgan fingerprint density at radius 1 is 0.929 bits per heavy atom. The lowest BCUT2D eigenvalue weighted by molar-refractivity contribution is -0.384. The van der Waals surface area contributed by atoms with Crippen molar-refractivity contribution in [2.75, 3.05) is 0 Å². The fourth-order valence-corrected chi connectivity index (χ4v) is 4.27. The van der Waals surface area contributed by atoms with Gasteiger partial charge in [-0.2, -0.15) is 0 Å². The largest absolute Gasteiger partial charge is 0.342 e. The van der Waals surface area contributed by atoms with Gasteiger partial charge in [-0.3, -0.25) is 10.1 Å². The standard InChI is InChI=1S/C23H20N2O2S/c1-17-6-8-18(9-7-17)14-24-15-23(21-4-2-3-5-22(21)24)28-16-19-10-12-20(13-11-19)25(26)27/h2-13,15H,14,16H2,1H3. The van der Waals surface area contributed by atoms with Crippen LogP contribution in [0.4, 0.5) is 5.69 Å². The second-order valence-electron chi connectivity index (χ2n) is 6.84. The number of nitro benzene ring substituents is 1. The topological polar surface area (TPSA) is 48.1 Å². The lowest BCUT2D eigenvalue weighted by Crippen LogP contribution is -1.97. The molecule has 0 aliphatic rings. The quantitative estimate of drug-likeness (QED) is 0.224. The van der Waals surface area contributed by atoms with Crippen LogP contribution in [0.5, 0.6) is 0 Å². The predicted octanol–water partition coefficient (Wildman–Crippen LogP) is 6.20. The summed E-state index contributed by atoms with van der Waals surface area (Å²) < 4.78 is 2.29. The summed E-state index contributed by atoms with van der Waals surface area (Å²) in [5.41, 5.74) is 4.96. The summed E-state index contributed by atoms with van der Waals surface area (Å²) in [5.74, 6) is 0.774. The van der Waals surface area contributed by atoms with Gasteiger partial charge in [-0.05, 0) is 24.1 Å². The Labute approximate surface area is 168 Å². The SMILES string of the molecule is Cc1ccc(Cn2cc(SCc3ccc([N+](=O)[O-])cc3)c3ccccc32)cc1. The monoisotopic (exact) mass is 388 g/mol. The Bertz CT molecular complexity index is 1120. The number of nitrogens with zero attached hydrogens (tertiary/aromatic N) is 2. The van der Waals surface area contributed by atoms with E-state index in [2.05, 4.69) is 66.2 Å². The van der Waals surface area contributed by atoms with Crippen LogP contribution in [0, 0.1) is 17.0 Å². The zero-order chi connectivity index (χ0) is 19.5. The van der Waals surface area contributed by atoms with Gasteiger partial charge >= 0.3 is 0 Å². The molecule has 0 fully saturated rings. The van der Waals surface area contributed by atoms with Crippen molar-refractivity contribution in [3.63, 3.8) is 0 Å². The molecule has 4 nitrogen and oxygen atoms in total. The van der Waals surface area contributed by atoms with E-state index in [1.54, 1.807) is 23.9 Å². The smallest absolute Gasteiger partial charge is 0.269 e. The Morgan fingerprint density at radius 2 is 1.61 bits per heavy atom. The number of hydrogen-bond donors (Lipinski definition) is 0. The molecule has 4 rings (SSSR count). The van der Waals surface area contributed by atoms with E-state index < -0.39 is 0 Å². The third-order valence-electron chi connectivity index (χ3n) is 4.77. The third kappa shape index (κ3) is 3.94. The molecular weight excluding hydrogens is 368 g/mol. The van der Waals surface area contributed by atoms with E-state index in [0.717, 1.165) is 17.9 Å². The predicted molar refractivity (Wildman–Crippen MR) is 115 cm³/mol. The van der Waals surface area contributed by atoms with Crippen molar-refractivity contribution >= 4 is 28.4 Å². The number of rotatable bonds is 6. The summed E-state index contributed by atoms with van der Waals surface area (Å²) in [6, 6.07) is 23.9. The molecule has 140 valence electrons. The van der Waals surface area contributed by atoms with Crippen molar-refractivity contribution in [3.8, 4) is 0 Å². The summed E-state index contributed by atoms with van der Waals surface area (Å²) >= 11 is 1.76. The number of fused-ring (bicyclic) bond motifs is 1. The van der Waals surface area contributed by atoms with Gasteiger partial charge in [0.15, 0.2) is 0 Å². The number of non-ortho nitro benzene ring substituents is 1. The Kier molecular flexibility index (Phi) is 5.17. The fourth-order valence-electron chi connectivity index (χ4n) is 3.22. The summed E-state index contributed by atoms with van der Waals surface area (Å²) in [6.45, 7) is 2.93. The van der Waals surface area contributed by atoms with Crippen molar-refractivity contribution in [1.29, 1.82) is 0 Å². The first-order valence-corrected chi connectivity index (χ1v) is 10.1. The molecule has 0 spiro atoms. The van der Waals surface area contributed by atoms with Crippen molar-refractivity contribution in [3.05, 3.63) is 106 Å². The second-order valence-corrected chi connectivity index (χ2v) is 7.85. The highest BCUT2D eigenvalue weighted by atomic mass is 32.2. The minimum atomic E-state index is -0.365. The van der Waals surface area contributed by atoms with Crippen molar-refractivity contribution < 1.29 is 4.92 Å². The molecule has 0 aliphatic heterocycles. The Balaban J connectivity index is 1.57. The number of para-hydroxylation sites is 1. The van der Waals surface area contributed by atoms with Crippen LogP contribution in [0.1, 0.15) is 16.7 Å². The number of hydrogen-bond acceptors (Lipinski definition) is 3. The van der Waals surface area contributed by atoms with Crippen LogP contribution in [0.2, 0.25) is 0 Å². The highest BCUT2D eigenvalue weighted by molar-refractivity contribution is 7.98. The molecule has 0 unspecified atom stereocenters. The molecule has 3 aromatic carbocycles. The first-order chi connectivity index (χ1) is 13.6. The lowest BCUT2D eigenvalue weighted by atomic mass is 10.1. The average Bonchev–Trinajstić information content (AvgIpc) is 3.06. The van der Waals surface area contributed by atoms with Gasteiger partial charge < -0.3 is 4.57 Å². The highest BCUT2D eigenvalue weighted by Crippen LogP contribution is 2.32. The summed E-state index contributed by atoms with van der Waals surface area (Å²) in [6.07, 6.45) is 2.21. The number of thioether (sulfide) groups is 1. The number of benzene rings is 3. The summed E-state index contributed by atoms with van der Waals surface area (Å²) in [4.78, 5) is 11.7. The van der Waals surface area contributed by atoms with Gasteiger partial charge in [0.2, 0.25) is 0 Å². The molecule has 1 heterocycles. The van der Waals surface area contributed by atoms with Gasteiger partial charge in [0, 0.05) is 46.4 Å². The maximum absolute atomic E-state index is 10.8. The van der Waals surface area contributed by atoms with Crippen molar-refractivity contribution in [2.45, 2.75) is 24.1 Å². The van der Waals surface area contributed by atoms with Crippen LogP contribution in [0.25, 0.3) is 10.9 Å². The maximum atomic E-state index is 10.8. The molecule has 28 heavy (non-hydrogen) atoms. The van der Waals surface area contributed by atoms with Gasteiger partial charge in [-0.1, -0.05) is 60.2 Å². The van der Waals surface area contributed by atoms with Crippen LogP contribution in [0.3, 0.4) is 0 Å². The maximum Gasteiger partial charge on any atom is 0.269 e. The molecule has 0 saturated heterocycles. The Morgan fingerprint density at radius 3 is 2.32 bits per heavy atom. The number of nitro groups is 1. The zero-order valence-electron chi connectivity index (χ0n) is 15.5. The normalized spacial score (nSPS) is 11.0. The first-order valence-electron chi connectivity index (χ1n) is 9.10. The van der Waals surface area contributed by atoms with Gasteiger partial charge in [0.05, 0.1) is 4.92 Å². The molecule has 0 radical (unpaired) electrons. The molecule has 0 aliphatic carbocycles. The molecule has 0 atom stereocenters. The molecule has 0 N–H and O–H groups in total. The molecule has 5 heteroatoms. The number of aromatic nitrogens is 1. The lowest BCUT2D eigenvalue weighted by Gasteiger charge is -2.06. The van der Waals surface area contributed by atoms with Crippen LogP contribution < -0.4 is 0 Å². The van der Waals surface area contributed by atoms with E-state index in [9.17, 15) is 10.1 Å². The van der Waals surface area contributed by atoms with Gasteiger partial charge in [-0.15, -0.1) is 11.8 Å². The van der Waals surface area contributed by atoms with E-state index in [-0.39, 0.29) is 10.6 Å². The van der Waals surface area contributed by atoms with E-state index in [0.29, 0.717) is 0 Å². The van der Waals surface area contributed by atoms with E-state index in [1.807, 2.05) is 12.1 Å². The molecule has 0 saturated carbocycles. The van der Waals surface area contributed by atoms with Crippen molar-refractivity contribution in [1.82, 2.24) is 4.57 Å². The van der Waals surface area contributed by atoms with Crippen LogP contribution >= 0.6 is 11.8 Å². The van der Waals surface area contributed by atoms with Gasteiger partial charge in [-0.25, -0.2) is 0 Å². The summed E-state index contributed by atoms with van der Waals surface area (Å²) in [5, 5.41) is 12.0. The molecule has 0 amide bonds. The minimum Gasteiger partial charge on any atom is -0.342 e. The zero-order valence-corrected chi connectivity index (χ0v) is 16.4.